The molecule has 6 heteroatoms. The Balaban J connectivity index is 1.81. The zero-order valence-electron chi connectivity index (χ0n) is 13.3. The van der Waals surface area contributed by atoms with Gasteiger partial charge in [-0.2, -0.15) is 0 Å². The Kier molecular flexibility index (Phi) is 6.63. The maximum Gasteiger partial charge on any atom is 0.255 e. The lowest BCUT2D eigenvalue weighted by atomic mass is 10.2. The summed E-state index contributed by atoms with van der Waals surface area (Å²) in [6, 6.07) is 13.6. The second-order valence-electron chi connectivity index (χ2n) is 4.95. The quantitative estimate of drug-likeness (QED) is 0.757. The Hall–Kier alpha value is -2.53. The second kappa shape index (κ2) is 8.93. The van der Waals surface area contributed by atoms with E-state index in [1.807, 2.05) is 13.0 Å². The van der Waals surface area contributed by atoms with E-state index in [1.54, 1.807) is 42.5 Å². The van der Waals surface area contributed by atoms with Gasteiger partial charge in [-0.3, -0.25) is 9.59 Å². The lowest BCUT2D eigenvalue weighted by Crippen LogP contribution is -2.34. The van der Waals surface area contributed by atoms with E-state index in [4.69, 9.17) is 16.3 Å². The number of rotatable bonds is 7. The Labute approximate surface area is 146 Å². The van der Waals surface area contributed by atoms with Crippen molar-refractivity contribution >= 4 is 23.4 Å². The smallest absolute Gasteiger partial charge is 0.255 e. The van der Waals surface area contributed by atoms with Crippen LogP contribution in [0.1, 0.15) is 27.6 Å². The number of ether oxygens (including phenoxy) is 1. The summed E-state index contributed by atoms with van der Waals surface area (Å²) in [4.78, 5) is 24.1. The molecule has 0 aliphatic carbocycles. The molecule has 0 fully saturated rings. The van der Waals surface area contributed by atoms with Crippen molar-refractivity contribution in [3.05, 3.63) is 64.7 Å². The van der Waals surface area contributed by atoms with Gasteiger partial charge in [0.25, 0.3) is 11.8 Å². The molecule has 2 aromatic carbocycles. The van der Waals surface area contributed by atoms with Crippen LogP contribution >= 0.6 is 11.6 Å². The fourth-order valence-corrected chi connectivity index (χ4v) is 2.21. The van der Waals surface area contributed by atoms with E-state index in [1.165, 1.54) is 0 Å². The number of carbonyl (C=O) groups is 2. The fourth-order valence-electron chi connectivity index (χ4n) is 2.09. The first kappa shape index (κ1) is 17.8. The maximum absolute atomic E-state index is 12.2. The Bertz CT molecular complexity index is 702. The molecule has 0 bridgehead atoms. The number of amides is 2. The van der Waals surface area contributed by atoms with Gasteiger partial charge in [-0.1, -0.05) is 23.7 Å². The van der Waals surface area contributed by atoms with E-state index in [0.717, 1.165) is 0 Å². The molecule has 0 aliphatic heterocycles. The van der Waals surface area contributed by atoms with Gasteiger partial charge in [-0.05, 0) is 43.3 Å². The molecule has 0 aromatic heterocycles. The third-order valence-electron chi connectivity index (χ3n) is 3.23. The average molecular weight is 347 g/mol. The van der Waals surface area contributed by atoms with E-state index < -0.39 is 0 Å². The summed E-state index contributed by atoms with van der Waals surface area (Å²) in [6.07, 6.45) is 0. The molecule has 0 saturated heterocycles. The van der Waals surface area contributed by atoms with Crippen molar-refractivity contribution in [3.8, 4) is 5.75 Å². The molecule has 0 aliphatic rings. The third-order valence-corrected chi connectivity index (χ3v) is 3.49. The maximum atomic E-state index is 12.2. The first-order valence-electron chi connectivity index (χ1n) is 7.65. The predicted molar refractivity (Wildman–Crippen MR) is 93.7 cm³/mol. The van der Waals surface area contributed by atoms with Gasteiger partial charge >= 0.3 is 0 Å². The van der Waals surface area contributed by atoms with E-state index in [-0.39, 0.29) is 11.8 Å². The van der Waals surface area contributed by atoms with Gasteiger partial charge in [-0.25, -0.2) is 0 Å². The van der Waals surface area contributed by atoms with Crippen molar-refractivity contribution in [1.82, 2.24) is 10.6 Å². The number of halogens is 1. The largest absolute Gasteiger partial charge is 0.493 e. The van der Waals surface area contributed by atoms with Crippen LogP contribution in [0.5, 0.6) is 5.75 Å². The summed E-state index contributed by atoms with van der Waals surface area (Å²) in [7, 11) is 0. The number of benzene rings is 2. The average Bonchev–Trinajstić information content (AvgIpc) is 2.59. The van der Waals surface area contributed by atoms with Crippen molar-refractivity contribution in [2.24, 2.45) is 0 Å². The van der Waals surface area contributed by atoms with Gasteiger partial charge in [0.2, 0.25) is 0 Å². The molecule has 0 unspecified atom stereocenters. The van der Waals surface area contributed by atoms with E-state index >= 15 is 0 Å². The zero-order valence-corrected chi connectivity index (χ0v) is 14.1. The predicted octanol–water partition coefficient (Wildman–Crippen LogP) is 2.90. The van der Waals surface area contributed by atoms with E-state index in [9.17, 15) is 9.59 Å². The Morgan fingerprint density at radius 3 is 2.25 bits per heavy atom. The van der Waals surface area contributed by atoms with Gasteiger partial charge in [0.15, 0.2) is 0 Å². The molecule has 2 N–H and O–H groups in total. The van der Waals surface area contributed by atoms with E-state index in [0.29, 0.717) is 41.6 Å². The van der Waals surface area contributed by atoms with Crippen LogP contribution in [-0.2, 0) is 0 Å². The standard InChI is InChI=1S/C18H19ClN2O3/c1-2-24-16-6-4-3-5-15(16)18(23)21-12-11-20-17(22)13-7-9-14(19)10-8-13/h3-10H,2,11-12H2,1H3,(H,20,22)(H,21,23). The van der Waals surface area contributed by atoms with Gasteiger partial charge in [-0.15, -0.1) is 0 Å². The van der Waals surface area contributed by atoms with Crippen molar-refractivity contribution in [3.63, 3.8) is 0 Å². The van der Waals surface area contributed by atoms with Crippen molar-refractivity contribution < 1.29 is 14.3 Å². The molecule has 0 heterocycles. The molecular formula is C18H19ClN2O3. The van der Waals surface area contributed by atoms with Crippen LogP contribution < -0.4 is 15.4 Å². The fraction of sp³-hybridized carbons (Fsp3) is 0.222. The summed E-state index contributed by atoms with van der Waals surface area (Å²) in [5.41, 5.74) is 0.996. The minimum Gasteiger partial charge on any atom is -0.493 e. The van der Waals surface area contributed by atoms with Crippen LogP contribution in [0.25, 0.3) is 0 Å². The van der Waals surface area contributed by atoms with Crippen molar-refractivity contribution in [2.75, 3.05) is 19.7 Å². The van der Waals surface area contributed by atoms with Gasteiger partial charge in [0, 0.05) is 23.7 Å². The van der Waals surface area contributed by atoms with Crippen LogP contribution in [0.4, 0.5) is 0 Å². The summed E-state index contributed by atoms with van der Waals surface area (Å²) in [5, 5.41) is 6.07. The highest BCUT2D eigenvalue weighted by molar-refractivity contribution is 6.30. The lowest BCUT2D eigenvalue weighted by Gasteiger charge is -2.11. The van der Waals surface area contributed by atoms with Crippen LogP contribution in [0.15, 0.2) is 48.5 Å². The highest BCUT2D eigenvalue weighted by Gasteiger charge is 2.11. The second-order valence-corrected chi connectivity index (χ2v) is 5.38. The monoisotopic (exact) mass is 346 g/mol. The highest BCUT2D eigenvalue weighted by Crippen LogP contribution is 2.17. The third kappa shape index (κ3) is 4.99. The molecule has 0 saturated carbocycles. The minimum atomic E-state index is -0.236. The first-order valence-corrected chi connectivity index (χ1v) is 8.03. The van der Waals surface area contributed by atoms with Crippen LogP contribution in [-0.4, -0.2) is 31.5 Å². The number of para-hydroxylation sites is 1. The topological polar surface area (TPSA) is 67.4 Å². The summed E-state index contributed by atoms with van der Waals surface area (Å²) in [6.45, 7) is 2.99. The molecule has 2 aromatic rings. The van der Waals surface area contributed by atoms with Crippen molar-refractivity contribution in [2.45, 2.75) is 6.92 Å². The molecule has 0 radical (unpaired) electrons. The Morgan fingerprint density at radius 2 is 1.58 bits per heavy atom. The summed E-state index contributed by atoms with van der Waals surface area (Å²) < 4.78 is 5.43. The number of hydrogen-bond donors (Lipinski definition) is 2. The first-order chi connectivity index (χ1) is 11.6. The molecule has 126 valence electrons. The molecule has 0 atom stereocenters. The Morgan fingerprint density at radius 1 is 0.958 bits per heavy atom. The number of hydrogen-bond acceptors (Lipinski definition) is 3. The molecular weight excluding hydrogens is 328 g/mol. The molecule has 2 amide bonds. The molecule has 24 heavy (non-hydrogen) atoms. The van der Waals surface area contributed by atoms with Crippen LogP contribution in [0, 0.1) is 0 Å². The normalized spacial score (nSPS) is 10.1. The molecule has 5 nitrogen and oxygen atoms in total. The summed E-state index contributed by atoms with van der Waals surface area (Å²) in [5.74, 6) is 0.0955. The zero-order chi connectivity index (χ0) is 17.4. The number of carbonyl (C=O) groups excluding carboxylic acids is 2. The highest BCUT2D eigenvalue weighted by atomic mass is 35.5. The molecule has 0 spiro atoms. The number of nitrogens with one attached hydrogen (secondary N) is 2. The van der Waals surface area contributed by atoms with Crippen LogP contribution in [0.3, 0.4) is 0 Å². The van der Waals surface area contributed by atoms with Gasteiger partial charge in [0.1, 0.15) is 5.75 Å². The van der Waals surface area contributed by atoms with Crippen LogP contribution in [0.2, 0.25) is 5.02 Å². The molecule has 2 rings (SSSR count). The summed E-state index contributed by atoms with van der Waals surface area (Å²) >= 11 is 5.78. The van der Waals surface area contributed by atoms with Gasteiger partial charge in [0.05, 0.1) is 12.2 Å². The lowest BCUT2D eigenvalue weighted by molar-refractivity contribution is 0.0925. The van der Waals surface area contributed by atoms with E-state index in [2.05, 4.69) is 10.6 Å². The SMILES string of the molecule is CCOc1ccccc1C(=O)NCCNC(=O)c1ccc(Cl)cc1. The van der Waals surface area contributed by atoms with Gasteiger partial charge < -0.3 is 15.4 Å². The minimum absolute atomic E-state index is 0.212. The van der Waals surface area contributed by atoms with Crippen molar-refractivity contribution in [1.29, 1.82) is 0 Å².